The minimum Gasteiger partial charge on any atom is -0.468 e. The van der Waals surface area contributed by atoms with Crippen molar-refractivity contribution in [1.29, 1.82) is 0 Å². The van der Waals surface area contributed by atoms with Crippen LogP contribution in [-0.2, 0) is 15.7 Å². The van der Waals surface area contributed by atoms with Gasteiger partial charge < -0.3 is 15.0 Å². The van der Waals surface area contributed by atoms with Gasteiger partial charge in [0, 0.05) is 17.0 Å². The SMILES string of the molecule is COC(=O)CNC(=O)c1c(C)[nH]c(/C=C/C(=O)c2ccc(C(F)(F)F)c(F)c2)c1C. The van der Waals surface area contributed by atoms with Crippen LogP contribution in [0.2, 0.25) is 0 Å². The molecule has 1 aromatic heterocycles. The van der Waals surface area contributed by atoms with Crippen LogP contribution in [0.1, 0.15) is 43.2 Å². The lowest BCUT2D eigenvalue weighted by Gasteiger charge is -2.08. The molecule has 0 spiro atoms. The number of rotatable bonds is 6. The van der Waals surface area contributed by atoms with Gasteiger partial charge in [0.05, 0.1) is 18.2 Å². The fraction of sp³-hybridized carbons (Fsp3) is 0.250. The third-order valence-electron chi connectivity index (χ3n) is 4.28. The Balaban J connectivity index is 2.20. The van der Waals surface area contributed by atoms with E-state index in [0.29, 0.717) is 29.1 Å². The monoisotopic (exact) mass is 426 g/mol. The molecule has 30 heavy (non-hydrogen) atoms. The average Bonchev–Trinajstić information content (AvgIpc) is 2.96. The smallest absolute Gasteiger partial charge is 0.419 e. The van der Waals surface area contributed by atoms with Gasteiger partial charge in [-0.25, -0.2) is 4.39 Å². The Morgan fingerprint density at radius 2 is 1.87 bits per heavy atom. The second kappa shape index (κ2) is 8.93. The number of amides is 1. The van der Waals surface area contributed by atoms with Gasteiger partial charge in [0.2, 0.25) is 0 Å². The lowest BCUT2D eigenvalue weighted by molar-refractivity contribution is -0.140. The summed E-state index contributed by atoms with van der Waals surface area (Å²) in [4.78, 5) is 38.5. The van der Waals surface area contributed by atoms with Crippen molar-refractivity contribution in [2.45, 2.75) is 20.0 Å². The number of ketones is 1. The van der Waals surface area contributed by atoms with Gasteiger partial charge in [-0.3, -0.25) is 14.4 Å². The maximum Gasteiger partial charge on any atom is 0.419 e. The van der Waals surface area contributed by atoms with Crippen LogP contribution in [0.3, 0.4) is 0 Å². The van der Waals surface area contributed by atoms with Gasteiger partial charge in [0.15, 0.2) is 5.78 Å². The molecule has 0 aliphatic rings. The molecule has 1 heterocycles. The van der Waals surface area contributed by atoms with Crippen LogP contribution < -0.4 is 5.32 Å². The number of carbonyl (C=O) groups is 3. The van der Waals surface area contributed by atoms with E-state index in [9.17, 15) is 31.9 Å². The van der Waals surface area contributed by atoms with Crippen molar-refractivity contribution in [2.24, 2.45) is 0 Å². The topological polar surface area (TPSA) is 88.3 Å². The average molecular weight is 426 g/mol. The first kappa shape index (κ1) is 22.9. The molecule has 2 aromatic rings. The molecule has 0 radical (unpaired) electrons. The van der Waals surface area contributed by atoms with Crippen molar-refractivity contribution in [3.05, 3.63) is 63.7 Å². The Morgan fingerprint density at radius 1 is 1.20 bits per heavy atom. The van der Waals surface area contributed by atoms with Crippen LogP contribution in [0, 0.1) is 19.7 Å². The first-order valence-electron chi connectivity index (χ1n) is 8.59. The summed E-state index contributed by atoms with van der Waals surface area (Å²) in [7, 11) is 1.18. The molecule has 0 aliphatic heterocycles. The van der Waals surface area contributed by atoms with Crippen LogP contribution in [-0.4, -0.2) is 36.3 Å². The number of carbonyl (C=O) groups excluding carboxylic acids is 3. The molecule has 6 nitrogen and oxygen atoms in total. The number of hydrogen-bond acceptors (Lipinski definition) is 4. The molecule has 0 atom stereocenters. The van der Waals surface area contributed by atoms with Gasteiger partial charge in [-0.15, -0.1) is 0 Å². The maximum absolute atomic E-state index is 13.7. The summed E-state index contributed by atoms with van der Waals surface area (Å²) >= 11 is 0. The zero-order valence-electron chi connectivity index (χ0n) is 16.2. The molecular formula is C20H18F4N2O4. The van der Waals surface area contributed by atoms with Crippen LogP contribution in [0.25, 0.3) is 6.08 Å². The largest absolute Gasteiger partial charge is 0.468 e. The van der Waals surface area contributed by atoms with Gasteiger partial charge in [-0.05, 0) is 43.7 Å². The fourth-order valence-corrected chi connectivity index (χ4v) is 2.75. The number of halogens is 4. The number of aryl methyl sites for hydroxylation is 1. The summed E-state index contributed by atoms with van der Waals surface area (Å²) in [6.45, 7) is 2.91. The summed E-state index contributed by atoms with van der Waals surface area (Å²) in [6.07, 6.45) is -2.47. The Kier molecular flexibility index (Phi) is 6.81. The molecule has 0 fully saturated rings. The second-order valence-electron chi connectivity index (χ2n) is 6.31. The van der Waals surface area contributed by atoms with E-state index in [1.54, 1.807) is 13.8 Å². The summed E-state index contributed by atoms with van der Waals surface area (Å²) in [5.74, 6) is -3.41. The Hall–Kier alpha value is -3.43. The van der Waals surface area contributed by atoms with Gasteiger partial charge in [0.25, 0.3) is 5.91 Å². The van der Waals surface area contributed by atoms with Crippen LogP contribution in [0.4, 0.5) is 17.6 Å². The second-order valence-corrected chi connectivity index (χ2v) is 6.31. The highest BCUT2D eigenvalue weighted by molar-refractivity contribution is 6.07. The highest BCUT2D eigenvalue weighted by Crippen LogP contribution is 2.31. The standard InChI is InChI=1S/C20H18F4N2O4/c1-10-15(26-11(2)18(10)19(29)25-9-17(28)30-3)6-7-16(27)12-4-5-13(14(21)8-12)20(22,23)24/h4-8,26H,9H2,1-3H3,(H,25,29)/b7-6+. The lowest BCUT2D eigenvalue weighted by atomic mass is 10.1. The number of aromatic amines is 1. The molecule has 0 aliphatic carbocycles. The molecule has 2 rings (SSSR count). The molecule has 0 saturated carbocycles. The number of alkyl halides is 3. The third kappa shape index (κ3) is 5.13. The molecule has 0 saturated heterocycles. The molecule has 1 aromatic carbocycles. The normalized spacial score (nSPS) is 11.6. The van der Waals surface area contributed by atoms with Gasteiger partial charge >= 0.3 is 12.1 Å². The Bertz CT molecular complexity index is 1020. The van der Waals surface area contributed by atoms with Crippen molar-refractivity contribution in [3.8, 4) is 0 Å². The van der Waals surface area contributed by atoms with E-state index >= 15 is 0 Å². The van der Waals surface area contributed by atoms with E-state index in [2.05, 4.69) is 15.0 Å². The number of H-pyrrole nitrogens is 1. The predicted molar refractivity (Wildman–Crippen MR) is 99.4 cm³/mol. The fourth-order valence-electron chi connectivity index (χ4n) is 2.75. The molecule has 160 valence electrons. The minimum absolute atomic E-state index is 0.256. The van der Waals surface area contributed by atoms with Crippen LogP contribution >= 0.6 is 0 Å². The van der Waals surface area contributed by atoms with Crippen LogP contribution in [0.15, 0.2) is 24.3 Å². The van der Waals surface area contributed by atoms with Crippen molar-refractivity contribution in [1.82, 2.24) is 10.3 Å². The lowest BCUT2D eigenvalue weighted by Crippen LogP contribution is -2.30. The number of allylic oxidation sites excluding steroid dienone is 1. The Morgan fingerprint density at radius 3 is 2.43 bits per heavy atom. The van der Waals surface area contributed by atoms with E-state index in [0.717, 1.165) is 12.1 Å². The van der Waals surface area contributed by atoms with Crippen molar-refractivity contribution in [2.75, 3.05) is 13.7 Å². The zero-order chi connectivity index (χ0) is 22.6. The molecule has 2 N–H and O–H groups in total. The number of esters is 1. The Labute approximate surface area is 168 Å². The molecule has 0 unspecified atom stereocenters. The first-order valence-corrected chi connectivity index (χ1v) is 8.59. The maximum atomic E-state index is 13.7. The number of benzene rings is 1. The summed E-state index contributed by atoms with van der Waals surface area (Å²) in [5, 5.41) is 2.40. The number of aromatic nitrogens is 1. The quantitative estimate of drug-likeness (QED) is 0.320. The highest BCUT2D eigenvalue weighted by Gasteiger charge is 2.34. The summed E-state index contributed by atoms with van der Waals surface area (Å²) < 4.78 is 56.0. The number of methoxy groups -OCH3 is 1. The van der Waals surface area contributed by atoms with E-state index < -0.39 is 35.2 Å². The zero-order valence-corrected chi connectivity index (χ0v) is 16.2. The molecule has 1 amide bonds. The van der Waals surface area contributed by atoms with Gasteiger partial charge in [-0.2, -0.15) is 13.2 Å². The third-order valence-corrected chi connectivity index (χ3v) is 4.28. The summed E-state index contributed by atoms with van der Waals surface area (Å²) in [6, 6.07) is 1.91. The van der Waals surface area contributed by atoms with Crippen LogP contribution in [0.5, 0.6) is 0 Å². The van der Waals surface area contributed by atoms with Gasteiger partial charge in [-0.1, -0.05) is 6.07 Å². The number of hydrogen-bond donors (Lipinski definition) is 2. The molecular weight excluding hydrogens is 408 g/mol. The summed E-state index contributed by atoms with van der Waals surface area (Å²) in [5.41, 5.74) is -0.0849. The van der Waals surface area contributed by atoms with Crippen molar-refractivity contribution in [3.63, 3.8) is 0 Å². The van der Waals surface area contributed by atoms with E-state index in [-0.39, 0.29) is 17.7 Å². The molecule has 10 heteroatoms. The van der Waals surface area contributed by atoms with Crippen molar-refractivity contribution < 1.29 is 36.7 Å². The highest BCUT2D eigenvalue weighted by atomic mass is 19.4. The minimum atomic E-state index is -4.86. The van der Waals surface area contributed by atoms with Gasteiger partial charge in [0.1, 0.15) is 12.4 Å². The predicted octanol–water partition coefficient (Wildman–Crippen LogP) is 3.59. The number of nitrogens with one attached hydrogen (secondary N) is 2. The molecule has 0 bridgehead atoms. The van der Waals surface area contributed by atoms with E-state index in [4.69, 9.17) is 0 Å². The van der Waals surface area contributed by atoms with Crippen molar-refractivity contribution >= 4 is 23.7 Å². The number of ether oxygens (including phenoxy) is 1. The van der Waals surface area contributed by atoms with E-state index in [1.807, 2.05) is 0 Å². The first-order chi connectivity index (χ1) is 14.0. The van der Waals surface area contributed by atoms with E-state index in [1.165, 1.54) is 13.2 Å².